The number of H-pyrrole nitrogens is 1. The molecule has 0 bridgehead atoms. The van der Waals surface area contributed by atoms with Gasteiger partial charge >= 0.3 is 0 Å². The lowest BCUT2D eigenvalue weighted by molar-refractivity contribution is -0.116. The number of para-hydroxylation sites is 2. The number of benzene rings is 3. The topological polar surface area (TPSA) is 83.8 Å². The van der Waals surface area contributed by atoms with Crippen molar-refractivity contribution >= 4 is 22.5 Å². The summed E-state index contributed by atoms with van der Waals surface area (Å²) in [6.07, 6.45) is 0.784. The molecule has 0 atom stereocenters. The molecule has 3 aromatic carbocycles. The highest BCUT2D eigenvalue weighted by atomic mass is 19.1. The molecule has 0 aliphatic rings. The first kappa shape index (κ1) is 23.5. The van der Waals surface area contributed by atoms with Crippen molar-refractivity contribution in [3.63, 3.8) is 0 Å². The number of aryl methyl sites for hydroxylation is 2. The lowest BCUT2D eigenvalue weighted by Gasteiger charge is -2.12. The molecule has 2 heterocycles. The third-order valence-electron chi connectivity index (χ3n) is 6.27. The van der Waals surface area contributed by atoms with Gasteiger partial charge in [0.2, 0.25) is 5.91 Å². The second-order valence-corrected chi connectivity index (χ2v) is 9.19. The standard InChI is InChI=1S/C29H27FN4O2/c1-17(2)28-33-29(36-34-28)23-9-6-7-18(3)26(23)32-25(35)16-15-22-21-8-4-5-10-24(21)31-27(22)19-11-13-20(30)14-12-19/h4-14,17,31H,15-16H2,1-3H3,(H,32,35). The molecule has 5 rings (SSSR count). The van der Waals surface area contributed by atoms with E-state index in [9.17, 15) is 9.18 Å². The third-order valence-corrected chi connectivity index (χ3v) is 6.27. The second-order valence-electron chi connectivity index (χ2n) is 9.19. The first-order chi connectivity index (χ1) is 17.4. The minimum absolute atomic E-state index is 0.121. The Morgan fingerprint density at radius 2 is 1.83 bits per heavy atom. The number of rotatable bonds is 7. The highest BCUT2D eigenvalue weighted by Gasteiger charge is 2.19. The fraction of sp³-hybridized carbons (Fsp3) is 0.207. The van der Waals surface area contributed by atoms with Crippen LogP contribution in [-0.2, 0) is 11.2 Å². The Morgan fingerprint density at radius 3 is 2.58 bits per heavy atom. The summed E-state index contributed by atoms with van der Waals surface area (Å²) in [5.41, 5.74) is 6.04. The predicted molar refractivity (Wildman–Crippen MR) is 139 cm³/mol. The van der Waals surface area contributed by atoms with Crippen molar-refractivity contribution in [1.82, 2.24) is 15.1 Å². The minimum atomic E-state index is -0.286. The van der Waals surface area contributed by atoms with Gasteiger partial charge in [-0.2, -0.15) is 4.98 Å². The zero-order valence-electron chi connectivity index (χ0n) is 20.4. The molecule has 0 spiro atoms. The lowest BCUT2D eigenvalue weighted by atomic mass is 10.0. The number of aromatic nitrogens is 3. The van der Waals surface area contributed by atoms with Crippen LogP contribution in [0.2, 0.25) is 0 Å². The maximum absolute atomic E-state index is 13.5. The molecule has 7 heteroatoms. The van der Waals surface area contributed by atoms with Crippen molar-refractivity contribution in [2.75, 3.05) is 5.32 Å². The van der Waals surface area contributed by atoms with Gasteiger partial charge in [0.05, 0.1) is 11.3 Å². The van der Waals surface area contributed by atoms with Crippen LogP contribution < -0.4 is 5.32 Å². The largest absolute Gasteiger partial charge is 0.354 e. The fourth-order valence-corrected chi connectivity index (χ4v) is 4.35. The Kier molecular flexibility index (Phi) is 6.38. The van der Waals surface area contributed by atoms with Crippen LogP contribution in [0.4, 0.5) is 10.1 Å². The molecular formula is C29H27FN4O2. The van der Waals surface area contributed by atoms with Crippen LogP contribution in [0.5, 0.6) is 0 Å². The van der Waals surface area contributed by atoms with Crippen molar-refractivity contribution in [2.45, 2.75) is 39.5 Å². The minimum Gasteiger partial charge on any atom is -0.354 e. The molecule has 182 valence electrons. The van der Waals surface area contributed by atoms with Crippen LogP contribution in [0.15, 0.2) is 71.3 Å². The van der Waals surface area contributed by atoms with Crippen molar-refractivity contribution in [3.8, 4) is 22.7 Å². The van der Waals surface area contributed by atoms with E-state index >= 15 is 0 Å². The molecule has 36 heavy (non-hydrogen) atoms. The monoisotopic (exact) mass is 482 g/mol. The van der Waals surface area contributed by atoms with E-state index in [-0.39, 0.29) is 24.1 Å². The van der Waals surface area contributed by atoms with Gasteiger partial charge in [-0.25, -0.2) is 4.39 Å². The van der Waals surface area contributed by atoms with E-state index in [0.29, 0.717) is 29.4 Å². The average molecular weight is 483 g/mol. The molecule has 2 aromatic heterocycles. The molecule has 0 radical (unpaired) electrons. The molecule has 0 aliphatic heterocycles. The Morgan fingerprint density at radius 1 is 1.06 bits per heavy atom. The van der Waals surface area contributed by atoms with E-state index in [1.54, 1.807) is 12.1 Å². The Labute approximate surface area is 208 Å². The number of carbonyl (C=O) groups excluding carboxylic acids is 1. The molecule has 2 N–H and O–H groups in total. The SMILES string of the molecule is Cc1cccc(-c2nc(C(C)C)no2)c1NC(=O)CCc1c(-c2ccc(F)cc2)[nH]c2ccccc12. The lowest BCUT2D eigenvalue weighted by Crippen LogP contribution is -2.14. The molecule has 1 amide bonds. The summed E-state index contributed by atoms with van der Waals surface area (Å²) in [7, 11) is 0. The van der Waals surface area contributed by atoms with Crippen LogP contribution in [0.3, 0.4) is 0 Å². The zero-order chi connectivity index (χ0) is 25.2. The summed E-state index contributed by atoms with van der Waals surface area (Å²) in [6, 6.07) is 20.1. The van der Waals surface area contributed by atoms with E-state index < -0.39 is 0 Å². The van der Waals surface area contributed by atoms with E-state index in [4.69, 9.17) is 4.52 Å². The predicted octanol–water partition coefficient (Wildman–Crippen LogP) is 7.03. The normalized spacial score (nSPS) is 11.4. The summed E-state index contributed by atoms with van der Waals surface area (Å²) < 4.78 is 19.0. The van der Waals surface area contributed by atoms with Gasteiger partial charge in [-0.1, -0.05) is 49.3 Å². The van der Waals surface area contributed by atoms with Crippen LogP contribution in [-0.4, -0.2) is 21.0 Å². The number of halogens is 1. The van der Waals surface area contributed by atoms with Crippen molar-refractivity contribution in [3.05, 3.63) is 89.5 Å². The number of hydrogen-bond donors (Lipinski definition) is 2. The van der Waals surface area contributed by atoms with Gasteiger partial charge in [0.25, 0.3) is 5.89 Å². The van der Waals surface area contributed by atoms with Gasteiger partial charge in [0.15, 0.2) is 5.82 Å². The van der Waals surface area contributed by atoms with E-state index in [0.717, 1.165) is 33.3 Å². The molecule has 0 fully saturated rings. The molecule has 0 saturated heterocycles. The number of fused-ring (bicyclic) bond motifs is 1. The van der Waals surface area contributed by atoms with Gasteiger partial charge in [0.1, 0.15) is 5.82 Å². The average Bonchev–Trinajstić information content (AvgIpc) is 3.50. The van der Waals surface area contributed by atoms with E-state index in [2.05, 4.69) is 20.4 Å². The maximum Gasteiger partial charge on any atom is 0.260 e. The van der Waals surface area contributed by atoms with Crippen LogP contribution in [0.25, 0.3) is 33.6 Å². The van der Waals surface area contributed by atoms with Crippen molar-refractivity contribution in [1.29, 1.82) is 0 Å². The van der Waals surface area contributed by atoms with Crippen molar-refractivity contribution in [2.24, 2.45) is 0 Å². The van der Waals surface area contributed by atoms with Gasteiger partial charge < -0.3 is 14.8 Å². The summed E-state index contributed by atoms with van der Waals surface area (Å²) in [4.78, 5) is 21.1. The van der Waals surface area contributed by atoms with Crippen LogP contribution >= 0.6 is 0 Å². The fourth-order valence-electron chi connectivity index (χ4n) is 4.35. The molecule has 0 unspecified atom stereocenters. The summed E-state index contributed by atoms with van der Waals surface area (Å²) in [6.45, 7) is 5.93. The number of anilines is 1. The summed E-state index contributed by atoms with van der Waals surface area (Å²) in [5, 5.41) is 8.18. The number of aromatic amines is 1. The number of carbonyl (C=O) groups is 1. The molecule has 0 saturated carbocycles. The second kappa shape index (κ2) is 9.77. The van der Waals surface area contributed by atoms with Gasteiger partial charge in [-0.3, -0.25) is 4.79 Å². The third kappa shape index (κ3) is 4.64. The van der Waals surface area contributed by atoms with Crippen LogP contribution in [0, 0.1) is 12.7 Å². The molecule has 5 aromatic rings. The Hall–Kier alpha value is -4.26. The first-order valence-electron chi connectivity index (χ1n) is 12.0. The smallest absolute Gasteiger partial charge is 0.260 e. The Balaban J connectivity index is 1.40. The molecule has 0 aliphatic carbocycles. The molecular weight excluding hydrogens is 455 g/mol. The zero-order valence-corrected chi connectivity index (χ0v) is 20.4. The van der Waals surface area contributed by atoms with Crippen molar-refractivity contribution < 1.29 is 13.7 Å². The highest BCUT2D eigenvalue weighted by Crippen LogP contribution is 2.33. The Bertz CT molecular complexity index is 1530. The summed E-state index contributed by atoms with van der Waals surface area (Å²) in [5.74, 6) is 0.734. The number of hydrogen-bond acceptors (Lipinski definition) is 4. The maximum atomic E-state index is 13.5. The van der Waals surface area contributed by atoms with Gasteiger partial charge in [-0.05, 0) is 66.4 Å². The molecule has 6 nitrogen and oxygen atoms in total. The van der Waals surface area contributed by atoms with Gasteiger partial charge in [-0.15, -0.1) is 0 Å². The van der Waals surface area contributed by atoms with Crippen LogP contribution in [0.1, 0.15) is 43.1 Å². The first-order valence-corrected chi connectivity index (χ1v) is 12.0. The quantitative estimate of drug-likeness (QED) is 0.261. The number of amides is 1. The number of nitrogens with one attached hydrogen (secondary N) is 2. The highest BCUT2D eigenvalue weighted by molar-refractivity contribution is 5.97. The summed E-state index contributed by atoms with van der Waals surface area (Å²) >= 11 is 0. The van der Waals surface area contributed by atoms with E-state index in [1.807, 2.05) is 63.2 Å². The van der Waals surface area contributed by atoms with Gasteiger partial charge in [0, 0.05) is 28.9 Å². The number of nitrogens with zero attached hydrogens (tertiary/aromatic N) is 2. The van der Waals surface area contributed by atoms with E-state index in [1.165, 1.54) is 12.1 Å².